The van der Waals surface area contributed by atoms with Gasteiger partial charge < -0.3 is 0 Å². The number of aliphatic imine (C=N–C) groups is 2. The molecule has 2 aliphatic heterocycles. The van der Waals surface area contributed by atoms with Gasteiger partial charge >= 0.3 is 0 Å². The Morgan fingerprint density at radius 3 is 3.30 bits per heavy atom. The van der Waals surface area contributed by atoms with Gasteiger partial charge in [0.15, 0.2) is 5.84 Å². The molecule has 0 aliphatic carbocycles. The first-order valence-corrected chi connectivity index (χ1v) is 3.09. The van der Waals surface area contributed by atoms with Crippen LogP contribution in [0, 0.1) is 0 Å². The van der Waals surface area contributed by atoms with E-state index in [1.165, 1.54) is 0 Å². The summed E-state index contributed by atoms with van der Waals surface area (Å²) in [6, 6.07) is 0. The number of hydrogen-bond donors (Lipinski definition) is 1. The Labute approximate surface area is 58.2 Å². The molecule has 4 heteroatoms. The zero-order chi connectivity index (χ0) is 6.97. The molecule has 0 amide bonds. The van der Waals surface area contributed by atoms with Gasteiger partial charge in [-0.3, -0.25) is 10.2 Å². The summed E-state index contributed by atoms with van der Waals surface area (Å²) in [4.78, 5) is 7.93. The third-order valence-electron chi connectivity index (χ3n) is 1.52. The van der Waals surface area contributed by atoms with Crippen molar-refractivity contribution >= 4 is 12.1 Å². The van der Waals surface area contributed by atoms with E-state index in [2.05, 4.69) is 9.98 Å². The van der Waals surface area contributed by atoms with Gasteiger partial charge in [0.2, 0.25) is 0 Å². The lowest BCUT2D eigenvalue weighted by Gasteiger charge is -2.11. The summed E-state index contributed by atoms with van der Waals surface area (Å²) < 4.78 is 0. The molecule has 0 saturated heterocycles. The Kier molecular flexibility index (Phi) is 1.07. The molecule has 0 saturated carbocycles. The maximum atomic E-state index is 9.11. The van der Waals surface area contributed by atoms with Crippen LogP contribution in [0.15, 0.2) is 21.6 Å². The van der Waals surface area contributed by atoms with Crippen molar-refractivity contribution in [1.29, 1.82) is 0 Å². The Bertz CT molecular complexity index is 241. The fraction of sp³-hybridized carbons (Fsp3) is 0.333. The van der Waals surface area contributed by atoms with Crippen molar-refractivity contribution < 1.29 is 5.21 Å². The van der Waals surface area contributed by atoms with E-state index in [0.29, 0.717) is 19.0 Å². The lowest BCUT2D eigenvalue weighted by atomic mass is 10.3. The zero-order valence-electron chi connectivity index (χ0n) is 5.36. The topological polar surface area (TPSA) is 48.2 Å². The third-order valence-corrected chi connectivity index (χ3v) is 1.52. The Morgan fingerprint density at radius 2 is 2.50 bits per heavy atom. The van der Waals surface area contributed by atoms with E-state index in [-0.39, 0.29) is 0 Å². The van der Waals surface area contributed by atoms with E-state index in [1.807, 2.05) is 6.08 Å². The summed E-state index contributed by atoms with van der Waals surface area (Å²) in [6.07, 6.45) is 3.63. The van der Waals surface area contributed by atoms with Crippen molar-refractivity contribution in [3.8, 4) is 0 Å². The highest BCUT2D eigenvalue weighted by atomic mass is 16.5. The maximum absolute atomic E-state index is 9.11. The summed E-state index contributed by atoms with van der Waals surface area (Å²) in [5, 5.41) is 10.2. The van der Waals surface area contributed by atoms with E-state index in [9.17, 15) is 0 Å². The van der Waals surface area contributed by atoms with Crippen LogP contribution in [-0.2, 0) is 0 Å². The molecule has 0 atom stereocenters. The average Bonchev–Trinajstić information content (AvgIpc) is 2.34. The second-order valence-corrected chi connectivity index (χ2v) is 2.18. The third kappa shape index (κ3) is 0.657. The second-order valence-electron chi connectivity index (χ2n) is 2.18. The predicted molar refractivity (Wildman–Crippen MR) is 37.4 cm³/mol. The molecule has 0 aromatic rings. The van der Waals surface area contributed by atoms with Gasteiger partial charge in [-0.2, -0.15) is 0 Å². The van der Waals surface area contributed by atoms with Gasteiger partial charge in [0.1, 0.15) is 6.67 Å². The van der Waals surface area contributed by atoms with Gasteiger partial charge in [-0.15, -0.1) is 0 Å². The van der Waals surface area contributed by atoms with Crippen LogP contribution in [0.1, 0.15) is 0 Å². The van der Waals surface area contributed by atoms with E-state index >= 15 is 0 Å². The second kappa shape index (κ2) is 1.91. The predicted octanol–water partition coefficient (Wildman–Crippen LogP) is 0.0580. The number of amidine groups is 1. The molecule has 2 aliphatic rings. The van der Waals surface area contributed by atoms with Crippen LogP contribution in [0.2, 0.25) is 0 Å². The van der Waals surface area contributed by atoms with E-state index in [4.69, 9.17) is 5.21 Å². The molecule has 0 spiro atoms. The van der Waals surface area contributed by atoms with Crippen molar-refractivity contribution in [2.24, 2.45) is 9.98 Å². The van der Waals surface area contributed by atoms with E-state index in [1.54, 1.807) is 6.21 Å². The van der Waals surface area contributed by atoms with Gasteiger partial charge in [0.25, 0.3) is 0 Å². The Hall–Kier alpha value is -1.16. The molecule has 2 heterocycles. The molecule has 2 rings (SSSR count). The number of nitrogens with zero attached hydrogens (tertiary/aromatic N) is 3. The minimum Gasteiger partial charge on any atom is -0.287 e. The van der Waals surface area contributed by atoms with Crippen LogP contribution < -0.4 is 0 Å². The SMILES string of the molecule is ON1CC=C2C=NCN=C21. The van der Waals surface area contributed by atoms with Gasteiger partial charge in [0, 0.05) is 11.8 Å². The molecule has 0 radical (unpaired) electrons. The number of hydrogen-bond acceptors (Lipinski definition) is 4. The lowest BCUT2D eigenvalue weighted by Crippen LogP contribution is -2.24. The molecule has 0 aromatic carbocycles. The fourth-order valence-corrected chi connectivity index (χ4v) is 1.04. The highest BCUT2D eigenvalue weighted by molar-refractivity contribution is 6.16. The van der Waals surface area contributed by atoms with Crippen LogP contribution in [0.25, 0.3) is 0 Å². The van der Waals surface area contributed by atoms with Gasteiger partial charge in [-0.1, -0.05) is 6.08 Å². The summed E-state index contributed by atoms with van der Waals surface area (Å²) in [7, 11) is 0. The summed E-state index contributed by atoms with van der Waals surface area (Å²) in [6.45, 7) is 0.962. The van der Waals surface area contributed by atoms with Crippen LogP contribution in [-0.4, -0.2) is 35.5 Å². The van der Waals surface area contributed by atoms with Crippen LogP contribution >= 0.6 is 0 Å². The highest BCUT2D eigenvalue weighted by Gasteiger charge is 2.19. The molecule has 52 valence electrons. The monoisotopic (exact) mass is 137 g/mol. The normalized spacial score (nSPS) is 22.3. The summed E-state index contributed by atoms with van der Waals surface area (Å²) in [5.41, 5.74) is 0.925. The van der Waals surface area contributed by atoms with Crippen molar-refractivity contribution in [2.45, 2.75) is 0 Å². The average molecular weight is 137 g/mol. The van der Waals surface area contributed by atoms with Crippen molar-refractivity contribution in [3.05, 3.63) is 11.6 Å². The summed E-state index contributed by atoms with van der Waals surface area (Å²) >= 11 is 0. The number of rotatable bonds is 0. The minimum absolute atomic E-state index is 0.434. The van der Waals surface area contributed by atoms with Crippen molar-refractivity contribution in [3.63, 3.8) is 0 Å². The molecule has 4 nitrogen and oxygen atoms in total. The molecular weight excluding hydrogens is 130 g/mol. The molecule has 10 heavy (non-hydrogen) atoms. The highest BCUT2D eigenvalue weighted by Crippen LogP contribution is 2.11. The first-order valence-electron chi connectivity index (χ1n) is 3.09. The van der Waals surface area contributed by atoms with Gasteiger partial charge in [-0.25, -0.2) is 10.1 Å². The fourth-order valence-electron chi connectivity index (χ4n) is 1.04. The smallest absolute Gasteiger partial charge is 0.158 e. The molecule has 1 N–H and O–H groups in total. The Balaban J connectivity index is 2.35. The maximum Gasteiger partial charge on any atom is 0.158 e. The van der Waals surface area contributed by atoms with Crippen LogP contribution in [0.5, 0.6) is 0 Å². The zero-order valence-corrected chi connectivity index (χ0v) is 5.36. The quantitative estimate of drug-likeness (QED) is 0.513. The van der Waals surface area contributed by atoms with Gasteiger partial charge in [0.05, 0.1) is 6.54 Å². The lowest BCUT2D eigenvalue weighted by molar-refractivity contribution is 0.00201. The molecule has 0 unspecified atom stereocenters. The first-order chi connectivity index (χ1) is 4.88. The molecular formula is C6H7N3O. The van der Waals surface area contributed by atoms with Crippen LogP contribution in [0.4, 0.5) is 0 Å². The standard InChI is InChI=1S/C6H7N3O/c10-9-2-1-5-3-7-4-8-6(5)9/h1,3,10H,2,4H2. The van der Waals surface area contributed by atoms with Crippen molar-refractivity contribution in [1.82, 2.24) is 5.06 Å². The van der Waals surface area contributed by atoms with Gasteiger partial charge in [-0.05, 0) is 0 Å². The number of fused-ring (bicyclic) bond motifs is 1. The van der Waals surface area contributed by atoms with Crippen molar-refractivity contribution in [2.75, 3.05) is 13.2 Å². The molecule has 0 fully saturated rings. The van der Waals surface area contributed by atoms with E-state index in [0.717, 1.165) is 10.6 Å². The number of hydroxylamine groups is 2. The summed E-state index contributed by atoms with van der Waals surface area (Å²) in [5.74, 6) is 0.648. The largest absolute Gasteiger partial charge is 0.287 e. The Morgan fingerprint density at radius 1 is 1.60 bits per heavy atom. The minimum atomic E-state index is 0.434. The molecule has 0 aromatic heterocycles. The first kappa shape index (κ1) is 5.61. The van der Waals surface area contributed by atoms with Crippen LogP contribution in [0.3, 0.4) is 0 Å². The molecule has 0 bridgehead atoms. The van der Waals surface area contributed by atoms with E-state index < -0.39 is 0 Å².